The molecule has 2 aromatic rings. The third kappa shape index (κ3) is 2.66. The molecule has 0 aromatic heterocycles. The monoisotopic (exact) mass is 372 g/mol. The first kappa shape index (κ1) is 13.7. The van der Waals surface area contributed by atoms with Gasteiger partial charge in [-0.05, 0) is 36.2 Å². The molecule has 1 atom stereocenters. The van der Waals surface area contributed by atoms with Crippen LogP contribution in [0.2, 0.25) is 0 Å². The second-order valence-corrected chi connectivity index (χ2v) is 5.76. The molecule has 18 heavy (non-hydrogen) atoms. The summed E-state index contributed by atoms with van der Waals surface area (Å²) in [5.41, 5.74) is 1.92. The first-order valence-corrected chi connectivity index (χ1v) is 6.97. The first-order valence-electron chi connectivity index (χ1n) is 5.38. The summed E-state index contributed by atoms with van der Waals surface area (Å²) in [5.74, 6) is -0.417. The van der Waals surface area contributed by atoms with E-state index in [2.05, 4.69) is 31.9 Å². The van der Waals surface area contributed by atoms with Gasteiger partial charge in [-0.15, -0.1) is 0 Å². The van der Waals surface area contributed by atoms with E-state index >= 15 is 0 Å². The number of halogens is 3. The van der Waals surface area contributed by atoms with Crippen LogP contribution in [-0.2, 0) is 0 Å². The highest BCUT2D eigenvalue weighted by Crippen LogP contribution is 2.32. The van der Waals surface area contributed by atoms with Crippen LogP contribution in [0.1, 0.15) is 22.8 Å². The lowest BCUT2D eigenvalue weighted by Gasteiger charge is -2.15. The van der Waals surface area contributed by atoms with Gasteiger partial charge in [0.15, 0.2) is 0 Å². The van der Waals surface area contributed by atoms with E-state index in [1.54, 1.807) is 18.2 Å². The highest BCUT2D eigenvalue weighted by molar-refractivity contribution is 9.10. The van der Waals surface area contributed by atoms with E-state index < -0.39 is 11.9 Å². The summed E-state index contributed by atoms with van der Waals surface area (Å²) in [6, 6.07) is 10.1. The van der Waals surface area contributed by atoms with Gasteiger partial charge in [0.25, 0.3) is 0 Å². The maximum atomic E-state index is 13.7. The van der Waals surface area contributed by atoms with Gasteiger partial charge in [-0.1, -0.05) is 50.1 Å². The minimum Gasteiger partial charge on any atom is -0.384 e. The van der Waals surface area contributed by atoms with Crippen LogP contribution in [0.3, 0.4) is 0 Å². The van der Waals surface area contributed by atoms with Crippen molar-refractivity contribution in [3.63, 3.8) is 0 Å². The predicted octanol–water partition coefficient (Wildman–Crippen LogP) is 4.74. The lowest BCUT2D eigenvalue weighted by molar-refractivity contribution is 0.214. The number of aryl methyl sites for hydroxylation is 1. The molecule has 4 heteroatoms. The van der Waals surface area contributed by atoms with Gasteiger partial charge in [0.2, 0.25) is 0 Å². The van der Waals surface area contributed by atoms with Crippen molar-refractivity contribution in [1.82, 2.24) is 0 Å². The molecule has 1 nitrogen and oxygen atoms in total. The van der Waals surface area contributed by atoms with Crippen LogP contribution in [0, 0.1) is 12.7 Å². The second kappa shape index (κ2) is 5.51. The number of hydrogen-bond donors (Lipinski definition) is 1. The molecular weight excluding hydrogens is 363 g/mol. The minimum atomic E-state index is -0.989. The fourth-order valence-corrected chi connectivity index (χ4v) is 2.63. The lowest BCUT2D eigenvalue weighted by Crippen LogP contribution is -2.04. The highest BCUT2D eigenvalue weighted by Gasteiger charge is 2.18. The molecule has 94 valence electrons. The normalized spacial score (nSPS) is 12.5. The molecule has 1 unspecified atom stereocenters. The molecule has 0 radical (unpaired) electrons. The number of hydrogen-bond acceptors (Lipinski definition) is 1. The van der Waals surface area contributed by atoms with Crippen LogP contribution in [0.15, 0.2) is 45.3 Å². The highest BCUT2D eigenvalue weighted by atomic mass is 79.9. The largest absolute Gasteiger partial charge is 0.384 e. The van der Waals surface area contributed by atoms with Crippen molar-refractivity contribution in [2.45, 2.75) is 13.0 Å². The van der Waals surface area contributed by atoms with Crippen molar-refractivity contribution in [2.24, 2.45) is 0 Å². The van der Waals surface area contributed by atoms with E-state index in [0.29, 0.717) is 5.56 Å². The van der Waals surface area contributed by atoms with Crippen molar-refractivity contribution >= 4 is 31.9 Å². The van der Waals surface area contributed by atoms with E-state index in [4.69, 9.17) is 0 Å². The third-order valence-electron chi connectivity index (χ3n) is 2.77. The lowest BCUT2D eigenvalue weighted by atomic mass is 9.99. The first-order chi connectivity index (χ1) is 8.50. The Bertz CT molecular complexity index is 582. The molecule has 0 aliphatic rings. The third-order valence-corrected chi connectivity index (χ3v) is 4.35. The Labute approximate surface area is 122 Å². The molecule has 0 heterocycles. The Morgan fingerprint density at radius 3 is 2.56 bits per heavy atom. The van der Waals surface area contributed by atoms with Gasteiger partial charge in [0, 0.05) is 14.5 Å². The SMILES string of the molecule is Cc1cccc(C(O)c2cc(Br)ccc2F)c1Br. The standard InChI is InChI=1S/C14H11Br2FO/c1-8-3-2-4-10(13(8)16)14(18)11-7-9(15)5-6-12(11)17/h2-7,14,18H,1H3. The van der Waals surface area contributed by atoms with Gasteiger partial charge in [-0.2, -0.15) is 0 Å². The number of benzene rings is 2. The summed E-state index contributed by atoms with van der Waals surface area (Å²) >= 11 is 6.71. The van der Waals surface area contributed by atoms with Gasteiger partial charge in [-0.25, -0.2) is 4.39 Å². The Kier molecular flexibility index (Phi) is 4.20. The molecule has 0 bridgehead atoms. The van der Waals surface area contributed by atoms with Gasteiger partial charge in [-0.3, -0.25) is 0 Å². The Balaban J connectivity index is 2.51. The number of aliphatic hydroxyl groups is 1. The van der Waals surface area contributed by atoms with Crippen LogP contribution in [0.4, 0.5) is 4.39 Å². The molecule has 0 spiro atoms. The van der Waals surface area contributed by atoms with Gasteiger partial charge in [0.05, 0.1) is 0 Å². The molecule has 1 N–H and O–H groups in total. The molecule has 0 aliphatic carbocycles. The summed E-state index contributed by atoms with van der Waals surface area (Å²) in [7, 11) is 0. The van der Waals surface area contributed by atoms with Crippen molar-refractivity contribution in [2.75, 3.05) is 0 Å². The van der Waals surface area contributed by atoms with Crippen LogP contribution in [-0.4, -0.2) is 5.11 Å². The molecule has 0 saturated carbocycles. The van der Waals surface area contributed by atoms with E-state index in [-0.39, 0.29) is 5.56 Å². The van der Waals surface area contributed by atoms with Crippen molar-refractivity contribution in [3.05, 3.63) is 67.9 Å². The van der Waals surface area contributed by atoms with Gasteiger partial charge < -0.3 is 5.11 Å². The summed E-state index contributed by atoms with van der Waals surface area (Å²) in [4.78, 5) is 0. The minimum absolute atomic E-state index is 0.260. The molecular formula is C14H11Br2FO. The van der Waals surface area contributed by atoms with Crippen molar-refractivity contribution in [1.29, 1.82) is 0 Å². The Hall–Kier alpha value is -0.710. The maximum Gasteiger partial charge on any atom is 0.129 e. The van der Waals surface area contributed by atoms with E-state index in [9.17, 15) is 9.50 Å². The van der Waals surface area contributed by atoms with E-state index in [1.165, 1.54) is 6.07 Å². The molecule has 0 amide bonds. The van der Waals surface area contributed by atoms with Crippen LogP contribution in [0.5, 0.6) is 0 Å². The molecule has 2 rings (SSSR count). The number of rotatable bonds is 2. The second-order valence-electron chi connectivity index (χ2n) is 4.05. The smallest absolute Gasteiger partial charge is 0.129 e. The fourth-order valence-electron chi connectivity index (χ4n) is 1.77. The zero-order valence-corrected chi connectivity index (χ0v) is 12.8. The molecule has 0 aliphatic heterocycles. The summed E-state index contributed by atoms with van der Waals surface area (Å²) in [6.07, 6.45) is -0.989. The van der Waals surface area contributed by atoms with Crippen LogP contribution >= 0.6 is 31.9 Å². The summed E-state index contributed by atoms with van der Waals surface area (Å²) in [5, 5.41) is 10.3. The quantitative estimate of drug-likeness (QED) is 0.805. The predicted molar refractivity (Wildman–Crippen MR) is 77.0 cm³/mol. The molecule has 0 fully saturated rings. The zero-order chi connectivity index (χ0) is 13.3. The van der Waals surface area contributed by atoms with Gasteiger partial charge in [0.1, 0.15) is 11.9 Å². The fraction of sp³-hybridized carbons (Fsp3) is 0.143. The van der Waals surface area contributed by atoms with Crippen molar-refractivity contribution < 1.29 is 9.50 Å². The van der Waals surface area contributed by atoms with Gasteiger partial charge >= 0.3 is 0 Å². The van der Waals surface area contributed by atoms with E-state index in [1.807, 2.05) is 19.1 Å². The maximum absolute atomic E-state index is 13.7. The molecule has 0 saturated heterocycles. The average Bonchev–Trinajstić information content (AvgIpc) is 2.35. The number of aliphatic hydroxyl groups excluding tert-OH is 1. The topological polar surface area (TPSA) is 20.2 Å². The Morgan fingerprint density at radius 2 is 1.83 bits per heavy atom. The Morgan fingerprint density at radius 1 is 1.11 bits per heavy atom. The van der Waals surface area contributed by atoms with Crippen LogP contribution in [0.25, 0.3) is 0 Å². The summed E-state index contributed by atoms with van der Waals surface area (Å²) < 4.78 is 15.3. The average molecular weight is 374 g/mol. The molecule has 2 aromatic carbocycles. The zero-order valence-electron chi connectivity index (χ0n) is 9.62. The summed E-state index contributed by atoms with van der Waals surface area (Å²) in [6.45, 7) is 1.93. The van der Waals surface area contributed by atoms with Crippen LogP contribution < -0.4 is 0 Å². The van der Waals surface area contributed by atoms with E-state index in [0.717, 1.165) is 14.5 Å². The van der Waals surface area contributed by atoms with Crippen molar-refractivity contribution in [3.8, 4) is 0 Å².